The summed E-state index contributed by atoms with van der Waals surface area (Å²) in [5.74, 6) is -0.629. The molecule has 2 atom stereocenters. The van der Waals surface area contributed by atoms with Gasteiger partial charge in [0, 0.05) is 5.02 Å². The monoisotopic (exact) mass is 480 g/mol. The Morgan fingerprint density at radius 1 is 1.21 bits per heavy atom. The van der Waals surface area contributed by atoms with Crippen LogP contribution in [-0.2, 0) is 9.16 Å². The largest absolute Gasteiger partial charge is 0.462 e. The first kappa shape index (κ1) is 26.5. The molecule has 0 spiro atoms. The second-order valence-corrected chi connectivity index (χ2v) is 14.8. The third-order valence-electron chi connectivity index (χ3n) is 5.41. The van der Waals surface area contributed by atoms with Crippen molar-refractivity contribution in [1.82, 2.24) is 0 Å². The van der Waals surface area contributed by atoms with Crippen LogP contribution in [0.3, 0.4) is 0 Å². The van der Waals surface area contributed by atoms with E-state index in [9.17, 15) is 9.90 Å². The molecule has 0 aromatic heterocycles. The van der Waals surface area contributed by atoms with Gasteiger partial charge in [-0.3, -0.25) is 0 Å². The lowest BCUT2D eigenvalue weighted by Gasteiger charge is -2.44. The maximum absolute atomic E-state index is 12.3. The molecule has 1 aromatic rings. The normalized spacial score (nSPS) is 15.5. The van der Waals surface area contributed by atoms with Gasteiger partial charge in [0.2, 0.25) is 0 Å². The average molecular weight is 482 g/mol. The number of esters is 1. The molecule has 8 heteroatoms. The van der Waals surface area contributed by atoms with Gasteiger partial charge in [0.1, 0.15) is 0 Å². The number of halogens is 3. The first-order valence-electron chi connectivity index (χ1n) is 9.48. The smallest absolute Gasteiger partial charge is 0.341 e. The molecule has 164 valence electrons. The van der Waals surface area contributed by atoms with Crippen molar-refractivity contribution in [2.75, 3.05) is 6.61 Å². The summed E-state index contributed by atoms with van der Waals surface area (Å²) in [5.41, 5.74) is -0.800. The molecular formula is C21H31Cl3O4Si. The SMILES string of the molecule is C=C[C@](C)(O[Si](C)(C)C(C)(C)C)[C@H](O)CCCOC(=O)c1c(Cl)cc(Cl)cc1Cl. The summed E-state index contributed by atoms with van der Waals surface area (Å²) in [4.78, 5) is 12.3. The molecule has 1 N–H and O–H groups in total. The zero-order valence-corrected chi connectivity index (χ0v) is 21.2. The van der Waals surface area contributed by atoms with Crippen LogP contribution in [-0.4, -0.2) is 37.7 Å². The molecule has 0 unspecified atom stereocenters. The molecule has 0 saturated carbocycles. The summed E-state index contributed by atoms with van der Waals surface area (Å²) in [6.45, 7) is 16.5. The van der Waals surface area contributed by atoms with Crippen LogP contribution in [0.4, 0.5) is 0 Å². The third kappa shape index (κ3) is 6.98. The molecule has 0 aliphatic heterocycles. The second-order valence-electron chi connectivity index (χ2n) is 8.79. The highest BCUT2D eigenvalue weighted by Crippen LogP contribution is 2.40. The first-order chi connectivity index (χ1) is 13.1. The minimum Gasteiger partial charge on any atom is -0.462 e. The van der Waals surface area contributed by atoms with Gasteiger partial charge in [-0.2, -0.15) is 0 Å². The van der Waals surface area contributed by atoms with Crippen molar-refractivity contribution in [2.24, 2.45) is 0 Å². The fraction of sp³-hybridized carbons (Fsp3) is 0.571. The molecule has 1 rings (SSSR count). The molecule has 1 aromatic carbocycles. The van der Waals surface area contributed by atoms with Gasteiger partial charge < -0.3 is 14.3 Å². The number of hydrogen-bond acceptors (Lipinski definition) is 4. The van der Waals surface area contributed by atoms with E-state index < -0.39 is 26.0 Å². The van der Waals surface area contributed by atoms with Gasteiger partial charge in [0.25, 0.3) is 0 Å². The Labute approximate surface area is 190 Å². The van der Waals surface area contributed by atoms with E-state index in [1.807, 2.05) is 6.92 Å². The Morgan fingerprint density at radius 3 is 2.17 bits per heavy atom. The molecule has 0 fully saturated rings. The summed E-state index contributed by atoms with van der Waals surface area (Å²) in [6.07, 6.45) is 1.69. The van der Waals surface area contributed by atoms with Crippen LogP contribution in [0, 0.1) is 0 Å². The summed E-state index contributed by atoms with van der Waals surface area (Å²) < 4.78 is 11.7. The Hall–Kier alpha value is -0.563. The number of carbonyl (C=O) groups excluding carboxylic acids is 1. The molecule has 29 heavy (non-hydrogen) atoms. The van der Waals surface area contributed by atoms with Gasteiger partial charge in [-0.05, 0) is 50.0 Å². The van der Waals surface area contributed by atoms with Gasteiger partial charge in [-0.25, -0.2) is 4.79 Å². The lowest BCUT2D eigenvalue weighted by Crippen LogP contribution is -2.52. The standard InChI is InChI=1S/C21H31Cl3O4Si/c1-8-21(5,28-29(6,7)20(2,3)4)17(25)10-9-11-27-19(26)18-15(23)12-14(22)13-16(18)24/h8,12-13,17,25H,1,9-11H2,2-7H3/t17-,21+/m1/s1. The van der Waals surface area contributed by atoms with Crippen molar-refractivity contribution in [2.45, 2.75) is 70.4 Å². The van der Waals surface area contributed by atoms with E-state index >= 15 is 0 Å². The van der Waals surface area contributed by atoms with Crippen LogP contribution in [0.15, 0.2) is 24.8 Å². The highest BCUT2D eigenvalue weighted by molar-refractivity contribution is 6.74. The summed E-state index contributed by atoms with van der Waals surface area (Å²) in [6, 6.07) is 2.87. The summed E-state index contributed by atoms with van der Waals surface area (Å²) in [5, 5.41) is 11.3. The second kappa shape index (κ2) is 10.2. The minimum atomic E-state index is -2.11. The molecule has 0 amide bonds. The van der Waals surface area contributed by atoms with E-state index in [1.54, 1.807) is 6.08 Å². The van der Waals surface area contributed by atoms with Gasteiger partial charge in [-0.15, -0.1) is 6.58 Å². The Bertz CT molecular complexity index is 723. The lowest BCUT2D eigenvalue weighted by molar-refractivity contribution is -0.0240. The van der Waals surface area contributed by atoms with E-state index in [1.165, 1.54) is 12.1 Å². The lowest BCUT2D eigenvalue weighted by atomic mass is 9.96. The predicted octanol–water partition coefficient (Wildman–Crippen LogP) is 6.91. The number of hydrogen-bond donors (Lipinski definition) is 1. The van der Waals surface area contributed by atoms with E-state index in [0.29, 0.717) is 17.9 Å². The summed E-state index contributed by atoms with van der Waals surface area (Å²) in [7, 11) is -2.11. The maximum atomic E-state index is 12.3. The molecule has 0 bridgehead atoms. The number of ether oxygens (including phenoxy) is 1. The zero-order valence-electron chi connectivity index (χ0n) is 17.9. The van der Waals surface area contributed by atoms with Crippen LogP contribution in [0.2, 0.25) is 33.2 Å². The third-order valence-corrected chi connectivity index (χ3v) is 10.8. The number of aliphatic hydroxyl groups excluding tert-OH is 1. The molecule has 0 heterocycles. The maximum Gasteiger partial charge on any atom is 0.341 e. The van der Waals surface area contributed by atoms with Crippen LogP contribution >= 0.6 is 34.8 Å². The fourth-order valence-electron chi connectivity index (χ4n) is 2.49. The molecule has 0 aliphatic carbocycles. The number of rotatable bonds is 9. The van der Waals surface area contributed by atoms with E-state index in [0.717, 1.165) is 0 Å². The van der Waals surface area contributed by atoms with Gasteiger partial charge in [0.05, 0.1) is 33.9 Å². The van der Waals surface area contributed by atoms with Crippen molar-refractivity contribution in [3.63, 3.8) is 0 Å². The van der Waals surface area contributed by atoms with Gasteiger partial charge in [0.15, 0.2) is 8.32 Å². The highest BCUT2D eigenvalue weighted by Gasteiger charge is 2.44. The van der Waals surface area contributed by atoms with Crippen molar-refractivity contribution >= 4 is 49.1 Å². The van der Waals surface area contributed by atoms with Crippen LogP contribution < -0.4 is 0 Å². The molecule has 0 radical (unpaired) electrons. The van der Waals surface area contributed by atoms with E-state index in [-0.39, 0.29) is 27.3 Å². The van der Waals surface area contributed by atoms with Crippen molar-refractivity contribution in [3.05, 3.63) is 45.4 Å². The number of carbonyl (C=O) groups is 1. The van der Waals surface area contributed by atoms with Crippen molar-refractivity contribution in [1.29, 1.82) is 0 Å². The Balaban J connectivity index is 2.67. The molecule has 4 nitrogen and oxygen atoms in total. The van der Waals surface area contributed by atoms with Crippen LogP contribution in [0.25, 0.3) is 0 Å². The average Bonchev–Trinajstić information content (AvgIpc) is 2.56. The minimum absolute atomic E-state index is 0.00361. The van der Waals surface area contributed by atoms with Crippen LogP contribution in [0.5, 0.6) is 0 Å². The van der Waals surface area contributed by atoms with E-state index in [2.05, 4.69) is 40.4 Å². The van der Waals surface area contributed by atoms with Gasteiger partial charge in [-0.1, -0.05) is 61.7 Å². The van der Waals surface area contributed by atoms with Crippen LogP contribution in [0.1, 0.15) is 50.9 Å². The zero-order chi connectivity index (χ0) is 22.6. The fourth-order valence-corrected chi connectivity index (χ4v) is 5.08. The number of aliphatic hydroxyl groups is 1. The molecule has 0 aliphatic rings. The van der Waals surface area contributed by atoms with Crippen molar-refractivity contribution < 1.29 is 19.1 Å². The molecular weight excluding hydrogens is 451 g/mol. The first-order valence-corrected chi connectivity index (χ1v) is 13.5. The predicted molar refractivity (Wildman–Crippen MR) is 124 cm³/mol. The quantitative estimate of drug-likeness (QED) is 0.180. The number of benzene rings is 1. The van der Waals surface area contributed by atoms with E-state index in [4.69, 9.17) is 44.0 Å². The van der Waals surface area contributed by atoms with Crippen molar-refractivity contribution in [3.8, 4) is 0 Å². The summed E-state index contributed by atoms with van der Waals surface area (Å²) >= 11 is 17.9. The molecule has 0 saturated heterocycles. The topological polar surface area (TPSA) is 55.8 Å². The van der Waals surface area contributed by atoms with Gasteiger partial charge >= 0.3 is 5.97 Å². The Kier molecular flexibility index (Phi) is 9.28. The highest BCUT2D eigenvalue weighted by atomic mass is 35.5. The Morgan fingerprint density at radius 2 is 1.72 bits per heavy atom.